The van der Waals surface area contributed by atoms with Crippen molar-refractivity contribution in [1.82, 2.24) is 16.0 Å². The molecule has 0 aliphatic rings. The van der Waals surface area contributed by atoms with Gasteiger partial charge in [0.05, 0.1) is 13.2 Å². The summed E-state index contributed by atoms with van der Waals surface area (Å²) in [6, 6.07) is 40.6. The maximum absolute atomic E-state index is 12.3. The Hall–Kier alpha value is -10.1. The number of fused-ring (bicyclic) bond motifs is 3. The maximum atomic E-state index is 12.3. The van der Waals surface area contributed by atoms with E-state index < -0.39 is 36.2 Å². The number of unbranched alkanes of at least 4 members (excludes halogenated alkanes) is 10. The summed E-state index contributed by atoms with van der Waals surface area (Å²) in [5, 5.41) is 14.4. The SMILES string of the molecule is C=C(C)C(=O)OCCCOC(=O)CCCCCCCCCC(=O)Oc1cccc2ccccc12.C=C(C)C(=O)OCCOC(=O)NCC(C)(C)CC(C)CCCC(=O)Oc1ccc2ccccc2c1.C=C(C)C(=O)OCCOC(=O)NCCCCCCCNC(=O)Oc1ccc2ccccc2c1. The largest absolute Gasteiger partial charge is 0.466 e. The van der Waals surface area contributed by atoms with Crippen LogP contribution in [0.3, 0.4) is 0 Å². The third-order valence-corrected chi connectivity index (χ3v) is 15.6. The molecule has 0 radical (unpaired) electrons. The lowest BCUT2D eigenvalue weighted by Crippen LogP contribution is -2.35. The van der Waals surface area contributed by atoms with Crippen LogP contribution >= 0.6 is 0 Å². The first-order valence-electron chi connectivity index (χ1n) is 35.3. The number of hydrogen-bond donors (Lipinski definition) is 3. The van der Waals surface area contributed by atoms with Gasteiger partial charge in [0.15, 0.2) is 0 Å². The summed E-state index contributed by atoms with van der Waals surface area (Å²) in [4.78, 5) is 105. The fraction of sp³-hybridized carbons (Fsp3) is 0.444. The number of nitrogens with one attached hydrogen (secondary N) is 3. The Morgan fingerprint density at radius 1 is 0.382 bits per heavy atom. The Balaban J connectivity index is 0.000000324. The fourth-order valence-electron chi connectivity index (χ4n) is 10.3. The van der Waals surface area contributed by atoms with E-state index in [1.807, 2.05) is 121 Å². The van der Waals surface area contributed by atoms with Crippen molar-refractivity contribution in [2.45, 2.75) is 164 Å². The zero-order chi connectivity index (χ0) is 74.3. The lowest BCUT2D eigenvalue weighted by Gasteiger charge is -2.28. The van der Waals surface area contributed by atoms with E-state index in [1.165, 1.54) is 0 Å². The number of carbonyl (C=O) groups is 9. The van der Waals surface area contributed by atoms with Crippen LogP contribution in [-0.2, 0) is 57.2 Å². The second-order valence-corrected chi connectivity index (χ2v) is 25.7. The van der Waals surface area contributed by atoms with Crippen molar-refractivity contribution >= 4 is 86.4 Å². The van der Waals surface area contributed by atoms with Crippen LogP contribution in [0.15, 0.2) is 164 Å². The predicted molar refractivity (Wildman–Crippen MR) is 395 cm³/mol. The normalized spacial score (nSPS) is 11.0. The summed E-state index contributed by atoms with van der Waals surface area (Å²) in [6.45, 7) is 23.4. The topological polar surface area (TPSA) is 273 Å². The van der Waals surface area contributed by atoms with Crippen LogP contribution in [0.5, 0.6) is 17.2 Å². The molecule has 1 atom stereocenters. The van der Waals surface area contributed by atoms with Crippen molar-refractivity contribution in [2.24, 2.45) is 11.3 Å². The van der Waals surface area contributed by atoms with Gasteiger partial charge in [-0.25, -0.2) is 28.8 Å². The molecule has 3 amide bonds. The Bertz CT molecular complexity index is 3670. The summed E-state index contributed by atoms with van der Waals surface area (Å²) in [5.41, 5.74) is 0.816. The molecule has 0 heterocycles. The van der Waals surface area contributed by atoms with E-state index in [2.05, 4.69) is 56.5 Å². The summed E-state index contributed by atoms with van der Waals surface area (Å²) < 4.78 is 46.1. The Morgan fingerprint density at radius 3 is 1.34 bits per heavy atom. The van der Waals surface area contributed by atoms with E-state index in [0.717, 1.165) is 129 Å². The second-order valence-electron chi connectivity index (χ2n) is 25.7. The molecule has 1 unspecified atom stereocenters. The molecule has 6 rings (SSSR count). The highest BCUT2D eigenvalue weighted by atomic mass is 16.6. The molecule has 0 aliphatic carbocycles. The highest BCUT2D eigenvalue weighted by Crippen LogP contribution is 2.29. The molecule has 3 N–H and O–H groups in total. The average Bonchev–Trinajstić information content (AvgIpc) is 0.893. The molecular formula is C81H105N3O18. The van der Waals surface area contributed by atoms with Gasteiger partial charge >= 0.3 is 54.1 Å². The number of hydrogen-bond acceptors (Lipinski definition) is 18. The molecule has 0 saturated heterocycles. The van der Waals surface area contributed by atoms with Gasteiger partial charge in [-0.3, -0.25) is 14.4 Å². The van der Waals surface area contributed by atoms with Crippen LogP contribution < -0.4 is 30.2 Å². The molecule has 0 saturated carbocycles. The number of rotatable bonds is 42. The minimum absolute atomic E-state index is 0.00114. The smallest absolute Gasteiger partial charge is 0.412 e. The van der Waals surface area contributed by atoms with Gasteiger partial charge in [-0.2, -0.15) is 0 Å². The Kier molecular flexibility index (Phi) is 40.3. The van der Waals surface area contributed by atoms with Gasteiger partial charge in [0, 0.05) is 67.4 Å². The van der Waals surface area contributed by atoms with E-state index in [9.17, 15) is 43.2 Å². The van der Waals surface area contributed by atoms with Gasteiger partial charge in [0.1, 0.15) is 43.7 Å². The number of esters is 6. The zero-order valence-corrected chi connectivity index (χ0v) is 60.5. The number of benzene rings is 6. The summed E-state index contributed by atoms with van der Waals surface area (Å²) in [5.74, 6) is 0.00440. The first kappa shape index (κ1) is 84.4. The zero-order valence-electron chi connectivity index (χ0n) is 60.5. The standard InChI is InChI=1S/C28H37NO6.C28H36O6.C25H32N2O6/c1-20(2)26(31)33-15-16-34-27(32)29-19-28(4,5)18-21(3)9-8-12-25(30)35-24-14-13-22-10-6-7-11-23(22)17-24;1-22(2)28(31)33-21-13-20-32-26(29)18-8-6-4-3-5-7-9-19-27(30)34-25-17-12-15-23-14-10-11-16-24(23)25;1-19(2)23(28)31-16-17-32-24(29)26-14-8-4-3-5-9-15-27-25(30)33-22-13-12-20-10-6-7-11-21(20)18-22/h6-7,10-11,13-14,17,21H,1,8-9,12,15-16,18-19H2,2-5H3,(H,29,32);10-12,14-17H,1,3-9,13,18-21H2,2H3;6-7,10-13,18H,1,3-5,8-9,14-17H2,2H3,(H,26,29)(H,27,30). The van der Waals surface area contributed by atoms with Crippen LogP contribution in [0.4, 0.5) is 14.4 Å². The number of carbonyl (C=O) groups excluding carboxylic acids is 9. The first-order valence-corrected chi connectivity index (χ1v) is 35.3. The number of amides is 3. The van der Waals surface area contributed by atoms with Crippen LogP contribution in [0.2, 0.25) is 0 Å². The van der Waals surface area contributed by atoms with Crippen LogP contribution in [0.25, 0.3) is 32.3 Å². The first-order chi connectivity index (χ1) is 49.0. The molecular weight excluding hydrogens is 1300 g/mol. The van der Waals surface area contributed by atoms with Crippen molar-refractivity contribution in [3.05, 3.63) is 164 Å². The van der Waals surface area contributed by atoms with Gasteiger partial charge in [-0.05, 0) is 128 Å². The maximum Gasteiger partial charge on any atom is 0.412 e. The highest BCUT2D eigenvalue weighted by Gasteiger charge is 2.23. The minimum Gasteiger partial charge on any atom is -0.466 e. The molecule has 0 spiro atoms. The second kappa shape index (κ2) is 48.7. The highest BCUT2D eigenvalue weighted by molar-refractivity contribution is 5.91. The van der Waals surface area contributed by atoms with Crippen LogP contribution in [0, 0.1) is 11.3 Å². The Morgan fingerprint density at radius 2 is 0.794 bits per heavy atom. The minimum atomic E-state index is -0.548. The molecule has 0 aliphatic heterocycles. The Labute approximate surface area is 600 Å². The van der Waals surface area contributed by atoms with E-state index in [-0.39, 0.29) is 63.0 Å². The molecule has 0 aromatic heterocycles. The molecule has 552 valence electrons. The van der Waals surface area contributed by atoms with E-state index in [1.54, 1.807) is 26.8 Å². The molecule has 0 bridgehead atoms. The third kappa shape index (κ3) is 37.4. The van der Waals surface area contributed by atoms with Crippen molar-refractivity contribution in [2.75, 3.05) is 59.3 Å². The van der Waals surface area contributed by atoms with Crippen molar-refractivity contribution in [1.29, 1.82) is 0 Å². The van der Waals surface area contributed by atoms with Crippen molar-refractivity contribution in [3.63, 3.8) is 0 Å². The summed E-state index contributed by atoms with van der Waals surface area (Å²) in [7, 11) is 0. The van der Waals surface area contributed by atoms with Crippen LogP contribution in [-0.4, -0.2) is 113 Å². The van der Waals surface area contributed by atoms with E-state index in [0.29, 0.717) is 85.2 Å². The molecule has 21 heteroatoms. The van der Waals surface area contributed by atoms with Gasteiger partial charge in [0.25, 0.3) is 0 Å². The molecule has 0 fully saturated rings. The van der Waals surface area contributed by atoms with Gasteiger partial charge < -0.3 is 58.6 Å². The summed E-state index contributed by atoms with van der Waals surface area (Å²) >= 11 is 0. The van der Waals surface area contributed by atoms with E-state index >= 15 is 0 Å². The van der Waals surface area contributed by atoms with E-state index in [4.69, 9.17) is 42.6 Å². The quantitative estimate of drug-likeness (QED) is 0.0106. The van der Waals surface area contributed by atoms with Crippen molar-refractivity contribution in [3.8, 4) is 17.2 Å². The molecule has 102 heavy (non-hydrogen) atoms. The van der Waals surface area contributed by atoms with Gasteiger partial charge in [-0.1, -0.05) is 195 Å². The molecule has 6 aromatic rings. The van der Waals surface area contributed by atoms with Crippen molar-refractivity contribution < 1.29 is 85.8 Å². The lowest BCUT2D eigenvalue weighted by atomic mass is 9.81. The third-order valence-electron chi connectivity index (χ3n) is 15.6. The number of alkyl carbamates (subject to hydrolysis) is 2. The van der Waals surface area contributed by atoms with Crippen LogP contribution in [0.1, 0.15) is 164 Å². The number of ether oxygens (including phenoxy) is 9. The average molecular weight is 1410 g/mol. The lowest BCUT2D eigenvalue weighted by molar-refractivity contribution is -0.145. The summed E-state index contributed by atoms with van der Waals surface area (Å²) in [6.07, 6.45) is 14.0. The van der Waals surface area contributed by atoms with Gasteiger partial charge in [-0.15, -0.1) is 0 Å². The fourth-order valence-corrected chi connectivity index (χ4v) is 10.3. The predicted octanol–water partition coefficient (Wildman–Crippen LogP) is 16.8. The molecule has 21 nitrogen and oxygen atoms in total. The van der Waals surface area contributed by atoms with Gasteiger partial charge in [0.2, 0.25) is 0 Å². The molecule has 6 aromatic carbocycles. The monoisotopic (exact) mass is 1410 g/mol.